The Morgan fingerprint density at radius 2 is 0.809 bits per heavy atom. The molecule has 0 rings (SSSR count). The van der Waals surface area contributed by atoms with E-state index >= 15 is 0 Å². The van der Waals surface area contributed by atoms with Crippen LogP contribution in [-0.2, 0) is 25.2 Å². The van der Waals surface area contributed by atoms with Crippen LogP contribution >= 0.6 is 25.3 Å². The molecule has 2 atom stereocenters. The first-order valence-corrected chi connectivity index (χ1v) is 27.4. The molecule has 0 saturated heterocycles. The Bertz CT molecular complexity index is 656. The normalized spacial score (nSPS) is 13.1. The van der Waals surface area contributed by atoms with Gasteiger partial charge >= 0.3 is 309 Å². The fraction of sp³-hybridized carbons (Fsp3) is 0.947. The van der Waals surface area contributed by atoms with Gasteiger partial charge in [-0.1, -0.05) is 0 Å². The molecular formula is C38H76O6S2Sn. The first-order valence-electron chi connectivity index (χ1n) is 19.8. The van der Waals surface area contributed by atoms with Gasteiger partial charge in [0.05, 0.1) is 0 Å². The van der Waals surface area contributed by atoms with Gasteiger partial charge in [-0.05, 0) is 0 Å². The van der Waals surface area contributed by atoms with E-state index in [0.717, 1.165) is 125 Å². The number of carbonyl (C=O) groups excluding carboxylic acids is 2. The summed E-state index contributed by atoms with van der Waals surface area (Å²) < 4.78 is 26.2. The molecule has 0 aliphatic heterocycles. The van der Waals surface area contributed by atoms with Crippen LogP contribution in [0.2, 0.25) is 8.87 Å². The van der Waals surface area contributed by atoms with E-state index in [1.807, 2.05) is 0 Å². The van der Waals surface area contributed by atoms with E-state index in [-0.39, 0.29) is 23.8 Å². The number of hydrogen-bond donors (Lipinski definition) is 2. The fourth-order valence-corrected chi connectivity index (χ4v) is 15.9. The van der Waals surface area contributed by atoms with Crippen molar-refractivity contribution in [3.05, 3.63) is 0 Å². The van der Waals surface area contributed by atoms with Crippen LogP contribution in [0.15, 0.2) is 0 Å². The molecule has 0 aromatic heterocycles. The molecule has 0 radical (unpaired) electrons. The maximum absolute atomic E-state index is 13.8. The van der Waals surface area contributed by atoms with Gasteiger partial charge in [0.15, 0.2) is 0 Å². The molecule has 0 bridgehead atoms. The van der Waals surface area contributed by atoms with Crippen LogP contribution in [0.3, 0.4) is 0 Å². The van der Waals surface area contributed by atoms with E-state index in [2.05, 4.69) is 53.0 Å². The van der Waals surface area contributed by atoms with Gasteiger partial charge in [-0.3, -0.25) is 0 Å². The predicted molar refractivity (Wildman–Crippen MR) is 208 cm³/mol. The first kappa shape index (κ1) is 47.4. The van der Waals surface area contributed by atoms with Crippen molar-refractivity contribution in [2.24, 2.45) is 11.8 Å². The molecule has 0 aliphatic carbocycles. The van der Waals surface area contributed by atoms with E-state index in [0.29, 0.717) is 11.5 Å². The average Bonchev–Trinajstić information content (AvgIpc) is 3.06. The summed E-state index contributed by atoms with van der Waals surface area (Å²) in [6, 6.07) is 0. The minimum absolute atomic E-state index is 0.195. The van der Waals surface area contributed by atoms with E-state index < -0.39 is 19.2 Å². The van der Waals surface area contributed by atoms with Gasteiger partial charge in [-0.15, -0.1) is 0 Å². The van der Waals surface area contributed by atoms with Gasteiger partial charge in [0, 0.05) is 0 Å². The summed E-state index contributed by atoms with van der Waals surface area (Å²) in [4.78, 5) is 27.6. The molecular weight excluding hydrogens is 735 g/mol. The Morgan fingerprint density at radius 3 is 1.17 bits per heavy atom. The number of unbranched alkanes of at least 4 members (excludes halogenated alkanes) is 14. The van der Waals surface area contributed by atoms with Crippen molar-refractivity contribution >= 4 is 56.4 Å². The third-order valence-electron chi connectivity index (χ3n) is 8.97. The molecule has 0 aromatic carbocycles. The molecule has 6 nitrogen and oxygen atoms in total. The molecule has 9 heteroatoms. The van der Waals surface area contributed by atoms with Crippen molar-refractivity contribution in [1.82, 2.24) is 0 Å². The summed E-state index contributed by atoms with van der Waals surface area (Å²) >= 11 is 4.97. The topological polar surface area (TPSA) is 71.1 Å². The van der Waals surface area contributed by atoms with Gasteiger partial charge in [-0.25, -0.2) is 0 Å². The number of carbonyl (C=O) groups is 2. The molecule has 0 N–H and O–H groups in total. The Labute approximate surface area is 307 Å². The van der Waals surface area contributed by atoms with Crippen LogP contribution in [0.1, 0.15) is 169 Å². The zero-order valence-corrected chi connectivity index (χ0v) is 35.9. The summed E-state index contributed by atoms with van der Waals surface area (Å²) in [6.07, 6.45) is 23.3. The third-order valence-corrected chi connectivity index (χ3v) is 19.5. The van der Waals surface area contributed by atoms with Crippen LogP contribution in [0.25, 0.3) is 0 Å². The fourth-order valence-electron chi connectivity index (χ4n) is 5.69. The molecule has 280 valence electrons. The van der Waals surface area contributed by atoms with Gasteiger partial charge in [0.1, 0.15) is 0 Å². The van der Waals surface area contributed by atoms with Crippen LogP contribution in [0.5, 0.6) is 0 Å². The van der Waals surface area contributed by atoms with Gasteiger partial charge in [0.2, 0.25) is 0 Å². The molecule has 0 aromatic rings. The quantitative estimate of drug-likeness (QED) is 0.0373. The summed E-state index contributed by atoms with van der Waals surface area (Å²) in [5, 5.41) is 0. The van der Waals surface area contributed by atoms with Crippen molar-refractivity contribution in [3.8, 4) is 0 Å². The number of ether oxygens (including phenoxy) is 2. The van der Waals surface area contributed by atoms with Gasteiger partial charge in [-0.2, -0.15) is 0 Å². The molecule has 0 heterocycles. The SMILES string of the molecule is CCCCCCC[CH2][Sn]([CH2]CCCCCCC)([O]C(=O)C(CS)CCCCOCCCC)[O]C(=O)C(CS)CCCCOCCCC. The van der Waals surface area contributed by atoms with Crippen molar-refractivity contribution < 1.29 is 25.2 Å². The zero-order chi connectivity index (χ0) is 34.9. The zero-order valence-electron chi connectivity index (χ0n) is 31.2. The van der Waals surface area contributed by atoms with E-state index in [9.17, 15) is 9.59 Å². The molecule has 2 unspecified atom stereocenters. The van der Waals surface area contributed by atoms with Crippen molar-refractivity contribution in [2.45, 2.75) is 178 Å². The predicted octanol–water partition coefficient (Wildman–Crippen LogP) is 11.3. The van der Waals surface area contributed by atoms with Crippen LogP contribution in [-0.4, -0.2) is 69.1 Å². The Hall–Kier alpha value is 0.359. The standard InChI is InChI=1S/2C11H22O3S.2C8H17.Sn/c2*1-2-3-7-14-8-5-4-6-10(9-15)11(12)13;2*1-3-5-7-8-6-4-2;/h2*10,15H,2-9H2,1H3,(H,12,13);2*1,3-8H2,2H3;/q;;;;+2/p-2. The summed E-state index contributed by atoms with van der Waals surface area (Å²) in [5.41, 5.74) is 0. The Balaban J connectivity index is 5.67. The Morgan fingerprint density at radius 1 is 0.468 bits per heavy atom. The molecule has 0 fully saturated rings. The maximum atomic E-state index is 13.8. The van der Waals surface area contributed by atoms with Crippen molar-refractivity contribution in [3.63, 3.8) is 0 Å². The second-order valence-corrected chi connectivity index (χ2v) is 23.4. The number of hydrogen-bond acceptors (Lipinski definition) is 8. The second-order valence-electron chi connectivity index (χ2n) is 13.5. The van der Waals surface area contributed by atoms with Gasteiger partial charge < -0.3 is 0 Å². The first-order chi connectivity index (χ1) is 22.9. The second kappa shape index (κ2) is 34.8. The number of rotatable bonds is 36. The van der Waals surface area contributed by atoms with E-state index in [1.165, 1.54) is 51.4 Å². The van der Waals surface area contributed by atoms with Crippen LogP contribution in [0, 0.1) is 11.8 Å². The van der Waals surface area contributed by atoms with E-state index in [1.54, 1.807) is 0 Å². The molecule has 0 spiro atoms. The van der Waals surface area contributed by atoms with Crippen LogP contribution in [0.4, 0.5) is 0 Å². The third kappa shape index (κ3) is 26.8. The summed E-state index contributed by atoms with van der Waals surface area (Å²) in [7, 11) is 0. The van der Waals surface area contributed by atoms with Crippen molar-refractivity contribution in [2.75, 3.05) is 37.9 Å². The Kier molecular flexibility index (Phi) is 35.1. The average molecular weight is 812 g/mol. The summed E-state index contributed by atoms with van der Waals surface area (Å²) in [5.74, 6) is -0.0753. The molecule has 0 saturated carbocycles. The summed E-state index contributed by atoms with van der Waals surface area (Å²) in [6.45, 7) is 11.8. The minimum atomic E-state index is -4.16. The van der Waals surface area contributed by atoms with Crippen molar-refractivity contribution in [1.29, 1.82) is 0 Å². The molecule has 0 amide bonds. The molecule has 47 heavy (non-hydrogen) atoms. The monoisotopic (exact) mass is 812 g/mol. The van der Waals surface area contributed by atoms with Gasteiger partial charge in [0.25, 0.3) is 0 Å². The molecule has 0 aliphatic rings. The van der Waals surface area contributed by atoms with Crippen LogP contribution < -0.4 is 0 Å². The van der Waals surface area contributed by atoms with E-state index in [4.69, 9.17) is 15.6 Å². The number of thiol groups is 2.